The number of nitrogens with two attached hydrogens (primary N) is 2. The molecule has 4 aromatic carbocycles. The predicted molar refractivity (Wildman–Crippen MR) is 311 cm³/mol. The Bertz CT molecular complexity index is 2550. The van der Waals surface area contributed by atoms with Gasteiger partial charge in [-0.05, 0) is 156 Å². The summed E-state index contributed by atoms with van der Waals surface area (Å²) in [4.78, 5) is 47.0. The van der Waals surface area contributed by atoms with E-state index < -0.39 is 5.60 Å². The van der Waals surface area contributed by atoms with Crippen molar-refractivity contribution in [2.75, 3.05) is 53.6 Å². The van der Waals surface area contributed by atoms with Gasteiger partial charge in [0.1, 0.15) is 40.0 Å². The summed E-state index contributed by atoms with van der Waals surface area (Å²) in [5.41, 5.74) is 16.7. The van der Waals surface area contributed by atoms with E-state index in [0.717, 1.165) is 91.4 Å². The Balaban J connectivity index is 0.000000253. The maximum atomic E-state index is 12.9. The number of nitrogens with zero attached hydrogens (tertiary/aromatic N) is 3. The van der Waals surface area contributed by atoms with E-state index in [2.05, 4.69) is 55.7 Å². The highest BCUT2D eigenvalue weighted by atomic mass is 79.9. The Morgan fingerprint density at radius 3 is 2.07 bits per heavy atom. The number of aliphatic imine (C=N–C) groups is 1. The fourth-order valence-corrected chi connectivity index (χ4v) is 9.19. The Hall–Kier alpha value is -5.10. The van der Waals surface area contributed by atoms with Crippen LogP contribution in [0.2, 0.25) is 0 Å². The van der Waals surface area contributed by atoms with Crippen molar-refractivity contribution >= 4 is 111 Å². The van der Waals surface area contributed by atoms with Crippen molar-refractivity contribution in [2.45, 2.75) is 97.9 Å². The van der Waals surface area contributed by atoms with E-state index >= 15 is 0 Å². The molecule has 3 heterocycles. The Labute approximate surface area is 450 Å². The third-order valence-corrected chi connectivity index (χ3v) is 13.2. The van der Waals surface area contributed by atoms with E-state index in [4.69, 9.17) is 37.9 Å². The molecule has 0 aliphatic carbocycles. The Morgan fingerprint density at radius 1 is 0.889 bits per heavy atom. The van der Waals surface area contributed by atoms with Gasteiger partial charge in [0.2, 0.25) is 5.78 Å². The predicted octanol–water partition coefficient (Wildman–Crippen LogP) is 11.5. The smallest absolute Gasteiger partial charge is 0.410 e. The van der Waals surface area contributed by atoms with Crippen molar-refractivity contribution in [1.82, 2.24) is 15.2 Å². The highest BCUT2D eigenvalue weighted by molar-refractivity contribution is 9.09. The minimum absolute atomic E-state index is 0. The zero-order valence-corrected chi connectivity index (χ0v) is 47.6. The number of nitrogen functional groups attached to an aromatic ring is 1. The normalized spacial score (nSPS) is 15.5. The van der Waals surface area contributed by atoms with Crippen molar-refractivity contribution in [3.8, 4) is 11.5 Å². The van der Waals surface area contributed by atoms with E-state index in [9.17, 15) is 14.4 Å². The summed E-state index contributed by atoms with van der Waals surface area (Å²) in [5, 5.41) is 11.4. The number of hydrogen-bond acceptors (Lipinski definition) is 13. The van der Waals surface area contributed by atoms with Crippen LogP contribution in [0, 0.1) is 0 Å². The number of carbonyl (C=O) groups is 3. The van der Waals surface area contributed by atoms with Crippen LogP contribution in [0.1, 0.15) is 104 Å². The number of ether oxygens (including phenoxy) is 3. The average molecular weight is 1120 g/mol. The molecule has 5 aromatic rings. The lowest BCUT2D eigenvalue weighted by molar-refractivity contribution is 0.00775. The fraction of sp³-hybridized carbons (Fsp3) is 0.396. The van der Waals surface area contributed by atoms with Crippen molar-refractivity contribution in [3.05, 3.63) is 124 Å². The lowest BCUT2D eigenvalue weighted by Gasteiger charge is -2.34. The minimum Gasteiger partial charge on any atom is -0.489 e. The summed E-state index contributed by atoms with van der Waals surface area (Å²) in [5.74, 6) is 2.72. The highest BCUT2D eigenvalue weighted by Crippen LogP contribution is 2.31. The van der Waals surface area contributed by atoms with Crippen LogP contribution < -0.4 is 36.9 Å². The van der Waals surface area contributed by atoms with Crippen molar-refractivity contribution in [3.63, 3.8) is 0 Å². The summed E-state index contributed by atoms with van der Waals surface area (Å²) >= 11 is 11.0. The number of aryl methyl sites for hydroxylation is 2. The zero-order chi connectivity index (χ0) is 51.3. The zero-order valence-electron chi connectivity index (χ0n) is 42.1. The summed E-state index contributed by atoms with van der Waals surface area (Å²) in [6.45, 7) is 14.9. The SMILES string of the molecule is CCSC(N)=NC(=S)Nc1ccc(OC2CCCN(C(=O)OC(C)(C)C)C2)cc1.CCc1cccc(C(=O)CBr)c1.CCc1cccc(C(=O)c2sc(Nc3ccc(OC4CCCNC4)cc3)nc2N)c1.P. The molecule has 1 aromatic heterocycles. The lowest BCUT2D eigenvalue weighted by Crippen LogP contribution is -2.46. The molecule has 2 fully saturated rings. The van der Waals surface area contributed by atoms with Crippen LogP contribution >= 0.6 is 61.1 Å². The van der Waals surface area contributed by atoms with Crippen LogP contribution in [0.4, 0.5) is 27.1 Å². The first-order valence-electron chi connectivity index (χ1n) is 23.9. The van der Waals surface area contributed by atoms with Gasteiger partial charge in [0, 0.05) is 35.6 Å². The number of Topliss-reactive ketones (excluding diaryl/α,β-unsaturated/α-hetero) is 1. The van der Waals surface area contributed by atoms with Crippen molar-refractivity contribution in [2.24, 2.45) is 10.7 Å². The third-order valence-electron chi connectivity index (χ3n) is 10.8. The standard InChI is InChI=1S/C23H26N4O2S.C20H30N4O3S2.C10H11BrO.H3P/c1-2-15-5-3-6-16(13-15)20(28)21-22(24)27-23(30-21)26-17-8-10-18(11-9-17)29-19-7-4-12-25-14-19;1-5-29-17(21)23-18(28)22-14-8-10-15(11-9-14)26-16-7-6-12-24(13-16)19(25)27-20(2,3)4;1-2-8-4-3-5-9(6-8)10(12)7-11;/h3,5-6,8-11,13,19,25H,2,4,7,12,14,24H2,1H3,(H,26,27);8-11,16H,5-7,12-13H2,1-4H3,(H3,21,22,23,28);3-6H,2,7H2,1H3;1H3. The number of hydrogen-bond donors (Lipinski definition) is 5. The molecule has 2 saturated heterocycles. The second-order valence-electron chi connectivity index (χ2n) is 17.6. The van der Waals surface area contributed by atoms with Crippen LogP contribution in [0.15, 0.2) is 102 Å². The van der Waals surface area contributed by atoms with Gasteiger partial charge in [0.15, 0.2) is 21.2 Å². The van der Waals surface area contributed by atoms with Crippen LogP contribution in [0.3, 0.4) is 0 Å². The number of benzene rings is 4. The fourth-order valence-electron chi connectivity index (χ4n) is 7.27. The van der Waals surface area contributed by atoms with Gasteiger partial charge >= 0.3 is 6.09 Å². The van der Waals surface area contributed by atoms with Gasteiger partial charge < -0.3 is 46.5 Å². The van der Waals surface area contributed by atoms with E-state index in [-0.39, 0.29) is 45.6 Å². The first-order valence-corrected chi connectivity index (χ1v) is 27.2. The number of carbonyl (C=O) groups excluding carboxylic acids is 3. The van der Waals surface area contributed by atoms with E-state index in [1.807, 2.05) is 125 Å². The monoisotopic (exact) mass is 1120 g/mol. The Kier molecular flexibility index (Phi) is 24.9. The van der Waals surface area contributed by atoms with Crippen LogP contribution in [-0.2, 0) is 17.6 Å². The van der Waals surface area contributed by atoms with E-state index in [0.29, 0.717) is 44.3 Å². The van der Waals surface area contributed by atoms with Crippen LogP contribution in [0.25, 0.3) is 0 Å². The van der Waals surface area contributed by atoms with Crippen LogP contribution in [0.5, 0.6) is 11.5 Å². The topological polar surface area (TPSA) is 196 Å². The Morgan fingerprint density at radius 2 is 1.49 bits per heavy atom. The maximum Gasteiger partial charge on any atom is 0.410 e. The van der Waals surface area contributed by atoms with Gasteiger partial charge in [0.05, 0.1) is 11.9 Å². The average Bonchev–Trinajstić information content (AvgIpc) is 3.74. The summed E-state index contributed by atoms with van der Waals surface area (Å²) in [6.07, 6.45) is 5.71. The molecule has 0 saturated carbocycles. The molecule has 0 spiro atoms. The number of anilines is 4. The number of halogens is 1. The number of piperidine rings is 2. The molecule has 1 amide bonds. The largest absolute Gasteiger partial charge is 0.489 e. The molecule has 2 aliphatic rings. The molecule has 0 bridgehead atoms. The molecule has 72 heavy (non-hydrogen) atoms. The number of amidine groups is 1. The number of likely N-dealkylation sites (tertiary alicyclic amines) is 1. The number of amides is 1. The number of rotatable bonds is 14. The summed E-state index contributed by atoms with van der Waals surface area (Å²) in [7, 11) is 0. The van der Waals surface area contributed by atoms with Gasteiger partial charge in [-0.2, -0.15) is 14.9 Å². The number of thiazole rings is 1. The molecule has 3 atom stereocenters. The maximum absolute atomic E-state index is 12.9. The minimum atomic E-state index is -0.502. The van der Waals surface area contributed by atoms with Gasteiger partial charge in [-0.1, -0.05) is 96.2 Å². The summed E-state index contributed by atoms with van der Waals surface area (Å²) < 4.78 is 17.5. The van der Waals surface area contributed by atoms with Crippen molar-refractivity contribution < 1.29 is 28.6 Å². The number of thiocarbonyl (C=S) groups is 1. The molecule has 19 heteroatoms. The third kappa shape index (κ3) is 20.1. The molecular weight excluding hydrogens is 1050 g/mol. The highest BCUT2D eigenvalue weighted by Gasteiger charge is 2.29. The first-order chi connectivity index (χ1) is 34.1. The quantitative estimate of drug-likeness (QED) is 0.0176. The number of aromatic nitrogens is 1. The molecule has 7 N–H and O–H groups in total. The van der Waals surface area contributed by atoms with Crippen molar-refractivity contribution in [1.29, 1.82) is 0 Å². The molecule has 14 nitrogen and oxygen atoms in total. The second-order valence-corrected chi connectivity index (χ2v) is 20.8. The first kappa shape index (κ1) is 59.5. The molecule has 3 unspecified atom stereocenters. The van der Waals surface area contributed by atoms with Gasteiger partial charge in [-0.3, -0.25) is 9.59 Å². The molecule has 0 radical (unpaired) electrons. The van der Waals surface area contributed by atoms with Crippen LogP contribution in [-0.4, -0.2) is 92.9 Å². The number of ketones is 2. The van der Waals surface area contributed by atoms with Gasteiger partial charge in [0.25, 0.3) is 0 Å². The molecule has 2 aliphatic heterocycles. The number of alkyl halides is 1. The van der Waals surface area contributed by atoms with Gasteiger partial charge in [-0.15, -0.1) is 0 Å². The molecule has 7 rings (SSSR count). The van der Waals surface area contributed by atoms with E-state index in [1.54, 1.807) is 4.90 Å². The second kappa shape index (κ2) is 30.2. The van der Waals surface area contributed by atoms with E-state index in [1.165, 1.54) is 28.7 Å². The lowest BCUT2D eigenvalue weighted by atomic mass is 10.1. The summed E-state index contributed by atoms with van der Waals surface area (Å²) in [6, 6.07) is 30.6. The molecular formula is C53H70BrN8O6PS3. The van der Waals surface area contributed by atoms with Gasteiger partial charge in [-0.25, -0.2) is 9.78 Å². The number of thioether (sulfide) groups is 1. The molecule has 388 valence electrons. The number of nitrogens with one attached hydrogen (secondary N) is 3.